The van der Waals surface area contributed by atoms with Crippen molar-refractivity contribution in [2.24, 2.45) is 0 Å². The third kappa shape index (κ3) is 3.93. The molecule has 1 fully saturated rings. The first kappa shape index (κ1) is 17.3. The molecular formula is C20H23N3O2. The predicted octanol–water partition coefficient (Wildman–Crippen LogP) is 2.39. The lowest BCUT2D eigenvalue weighted by molar-refractivity contribution is 0.201. The van der Waals surface area contributed by atoms with Crippen molar-refractivity contribution in [3.8, 4) is 11.8 Å². The summed E-state index contributed by atoms with van der Waals surface area (Å²) in [6, 6.07) is 16.3. The first-order valence-electron chi connectivity index (χ1n) is 8.54. The largest absolute Gasteiger partial charge is 0.491 e. The summed E-state index contributed by atoms with van der Waals surface area (Å²) in [6.07, 6.45) is 0. The number of aliphatic hydroxyl groups excluding tert-OH is 1. The number of hydrogen-bond donors (Lipinski definition) is 2. The van der Waals surface area contributed by atoms with E-state index in [4.69, 9.17) is 15.1 Å². The van der Waals surface area contributed by atoms with Crippen molar-refractivity contribution in [2.45, 2.75) is 13.0 Å². The Kier molecular flexibility index (Phi) is 5.54. The van der Waals surface area contributed by atoms with Gasteiger partial charge >= 0.3 is 0 Å². The molecule has 0 aliphatic carbocycles. The minimum atomic E-state index is 0.0133. The monoisotopic (exact) mass is 337 g/mol. The second-order valence-electron chi connectivity index (χ2n) is 6.17. The lowest BCUT2D eigenvalue weighted by Gasteiger charge is -2.39. The number of benzene rings is 2. The number of nitriles is 1. The maximum absolute atomic E-state index is 8.99. The number of piperazine rings is 1. The topological polar surface area (TPSA) is 68.5 Å². The number of rotatable bonds is 5. The molecule has 5 nitrogen and oxygen atoms in total. The third-order valence-electron chi connectivity index (χ3n) is 4.51. The average Bonchev–Trinajstić information content (AvgIpc) is 2.66. The van der Waals surface area contributed by atoms with Crippen molar-refractivity contribution in [1.29, 1.82) is 5.26 Å². The van der Waals surface area contributed by atoms with Crippen LogP contribution in [0, 0.1) is 18.3 Å². The number of nitrogens with zero attached hydrogens (tertiary/aromatic N) is 2. The maximum atomic E-state index is 8.99. The molecule has 1 atom stereocenters. The molecule has 0 aromatic heterocycles. The van der Waals surface area contributed by atoms with Gasteiger partial charge in [0.25, 0.3) is 0 Å². The molecule has 0 radical (unpaired) electrons. The fraction of sp³-hybridized carbons (Fsp3) is 0.350. The van der Waals surface area contributed by atoms with E-state index in [0.717, 1.165) is 30.9 Å². The van der Waals surface area contributed by atoms with Crippen LogP contribution in [0.2, 0.25) is 0 Å². The average molecular weight is 337 g/mol. The van der Waals surface area contributed by atoms with Crippen LogP contribution in [0.4, 0.5) is 5.69 Å². The fourth-order valence-electron chi connectivity index (χ4n) is 3.27. The standard InChI is InChI=1S/C20H23N3O2/c1-15-12-18(25-11-10-24)6-7-19(15)23-9-8-22-14-20(23)17-4-2-16(13-21)3-5-17/h2-7,12,20,22,24H,8-11,14H2,1H3/t20-/m0/s1. The van der Waals surface area contributed by atoms with Crippen molar-refractivity contribution in [3.63, 3.8) is 0 Å². The number of anilines is 1. The van der Waals surface area contributed by atoms with E-state index in [9.17, 15) is 0 Å². The zero-order valence-electron chi connectivity index (χ0n) is 14.4. The van der Waals surface area contributed by atoms with Crippen LogP contribution in [0.3, 0.4) is 0 Å². The molecule has 2 aromatic carbocycles. The minimum absolute atomic E-state index is 0.0133. The van der Waals surface area contributed by atoms with Crippen LogP contribution in [0.15, 0.2) is 42.5 Å². The molecule has 1 aliphatic rings. The van der Waals surface area contributed by atoms with Crippen molar-refractivity contribution in [1.82, 2.24) is 5.32 Å². The third-order valence-corrected chi connectivity index (χ3v) is 4.51. The second-order valence-corrected chi connectivity index (χ2v) is 6.17. The van der Waals surface area contributed by atoms with Crippen LogP contribution in [0.25, 0.3) is 0 Å². The van der Waals surface area contributed by atoms with Gasteiger partial charge in [0.05, 0.1) is 24.3 Å². The second kappa shape index (κ2) is 8.02. The molecule has 0 unspecified atom stereocenters. The lowest BCUT2D eigenvalue weighted by Crippen LogP contribution is -2.46. The number of aliphatic hydroxyl groups is 1. The lowest BCUT2D eigenvalue weighted by atomic mass is 10.00. The van der Waals surface area contributed by atoms with E-state index in [1.54, 1.807) is 0 Å². The summed E-state index contributed by atoms with van der Waals surface area (Å²) in [6.45, 7) is 5.13. The SMILES string of the molecule is Cc1cc(OCCO)ccc1N1CCNC[C@H]1c1ccc(C#N)cc1. The molecular weight excluding hydrogens is 314 g/mol. The van der Waals surface area contributed by atoms with Crippen LogP contribution < -0.4 is 15.0 Å². The smallest absolute Gasteiger partial charge is 0.119 e. The zero-order valence-corrected chi connectivity index (χ0v) is 14.4. The highest BCUT2D eigenvalue weighted by atomic mass is 16.5. The van der Waals surface area contributed by atoms with E-state index < -0.39 is 0 Å². The van der Waals surface area contributed by atoms with Gasteiger partial charge < -0.3 is 20.1 Å². The highest BCUT2D eigenvalue weighted by Crippen LogP contribution is 2.32. The van der Waals surface area contributed by atoms with E-state index in [0.29, 0.717) is 12.2 Å². The number of ether oxygens (including phenoxy) is 1. The Morgan fingerprint density at radius 1 is 1.28 bits per heavy atom. The molecule has 0 bridgehead atoms. The molecule has 1 aliphatic heterocycles. The number of hydrogen-bond acceptors (Lipinski definition) is 5. The molecule has 3 rings (SSSR count). The van der Waals surface area contributed by atoms with E-state index in [1.807, 2.05) is 36.4 Å². The van der Waals surface area contributed by atoms with Gasteiger partial charge in [-0.15, -0.1) is 0 Å². The molecule has 5 heteroatoms. The van der Waals surface area contributed by atoms with Crippen molar-refractivity contribution in [2.75, 3.05) is 37.7 Å². The Bertz CT molecular complexity index is 753. The first-order valence-corrected chi connectivity index (χ1v) is 8.54. The van der Waals surface area contributed by atoms with Crippen LogP contribution in [0.5, 0.6) is 5.75 Å². The summed E-state index contributed by atoms with van der Waals surface area (Å²) in [5.41, 5.74) is 4.22. The quantitative estimate of drug-likeness (QED) is 0.877. The zero-order chi connectivity index (χ0) is 17.6. The highest BCUT2D eigenvalue weighted by Gasteiger charge is 2.25. The fourth-order valence-corrected chi connectivity index (χ4v) is 3.27. The van der Waals surface area contributed by atoms with Gasteiger partial charge in [-0.05, 0) is 48.4 Å². The van der Waals surface area contributed by atoms with Crippen LogP contribution in [0.1, 0.15) is 22.7 Å². The van der Waals surface area contributed by atoms with E-state index in [1.165, 1.54) is 11.3 Å². The molecule has 0 saturated carbocycles. The van der Waals surface area contributed by atoms with E-state index >= 15 is 0 Å². The van der Waals surface area contributed by atoms with Crippen LogP contribution in [-0.4, -0.2) is 38.0 Å². The predicted molar refractivity (Wildman–Crippen MR) is 97.9 cm³/mol. The summed E-state index contributed by atoms with van der Waals surface area (Å²) in [7, 11) is 0. The van der Waals surface area contributed by atoms with Gasteiger partial charge in [0.15, 0.2) is 0 Å². The molecule has 1 saturated heterocycles. The summed E-state index contributed by atoms with van der Waals surface area (Å²) >= 11 is 0. The van der Waals surface area contributed by atoms with Crippen molar-refractivity contribution in [3.05, 3.63) is 59.2 Å². The Hall–Kier alpha value is -2.55. The molecule has 2 aromatic rings. The summed E-state index contributed by atoms with van der Waals surface area (Å²) < 4.78 is 5.50. The normalized spacial score (nSPS) is 17.2. The van der Waals surface area contributed by atoms with Gasteiger partial charge in [0, 0.05) is 25.3 Å². The van der Waals surface area contributed by atoms with Gasteiger partial charge in [0.1, 0.15) is 12.4 Å². The molecule has 130 valence electrons. The molecule has 0 amide bonds. The minimum Gasteiger partial charge on any atom is -0.491 e. The van der Waals surface area contributed by atoms with Gasteiger partial charge in [-0.3, -0.25) is 0 Å². The number of nitrogens with one attached hydrogen (secondary N) is 1. The summed E-state index contributed by atoms with van der Waals surface area (Å²) in [5, 5.41) is 21.3. The Morgan fingerprint density at radius 2 is 2.08 bits per heavy atom. The molecule has 2 N–H and O–H groups in total. The summed E-state index contributed by atoms with van der Waals surface area (Å²) in [5.74, 6) is 0.778. The molecule has 1 heterocycles. The first-order chi connectivity index (χ1) is 12.2. The molecule has 0 spiro atoms. The van der Waals surface area contributed by atoms with Gasteiger partial charge in [-0.1, -0.05) is 12.1 Å². The van der Waals surface area contributed by atoms with Gasteiger partial charge in [-0.25, -0.2) is 0 Å². The molecule has 25 heavy (non-hydrogen) atoms. The Balaban J connectivity index is 1.86. The van der Waals surface area contributed by atoms with Crippen molar-refractivity contribution < 1.29 is 9.84 Å². The number of aryl methyl sites for hydroxylation is 1. The highest BCUT2D eigenvalue weighted by molar-refractivity contribution is 5.58. The van der Waals surface area contributed by atoms with Crippen molar-refractivity contribution >= 4 is 5.69 Å². The van der Waals surface area contributed by atoms with E-state index in [-0.39, 0.29) is 12.6 Å². The van der Waals surface area contributed by atoms with Gasteiger partial charge in [-0.2, -0.15) is 5.26 Å². The van der Waals surface area contributed by atoms with Crippen LogP contribution in [-0.2, 0) is 0 Å². The maximum Gasteiger partial charge on any atom is 0.119 e. The van der Waals surface area contributed by atoms with E-state index in [2.05, 4.69) is 29.3 Å². The Morgan fingerprint density at radius 3 is 2.76 bits per heavy atom. The summed E-state index contributed by atoms with van der Waals surface area (Å²) in [4.78, 5) is 2.41. The Labute approximate surface area is 148 Å². The van der Waals surface area contributed by atoms with Crippen LogP contribution >= 0.6 is 0 Å². The van der Waals surface area contributed by atoms with Gasteiger partial charge in [0.2, 0.25) is 0 Å².